The van der Waals surface area contributed by atoms with E-state index in [4.69, 9.17) is 58.0 Å². The molecule has 1 atom stereocenters. The zero-order valence-corrected chi connectivity index (χ0v) is 19.0. The van der Waals surface area contributed by atoms with E-state index in [0.717, 1.165) is 10.8 Å². The minimum Gasteiger partial charge on any atom is -0.330 e. The van der Waals surface area contributed by atoms with E-state index in [1.165, 1.54) is 18.2 Å². The van der Waals surface area contributed by atoms with Gasteiger partial charge in [-0.1, -0.05) is 94.4 Å². The van der Waals surface area contributed by atoms with Crippen LogP contribution in [0.1, 0.15) is 16.8 Å². The van der Waals surface area contributed by atoms with Gasteiger partial charge in [-0.2, -0.15) is 0 Å². The van der Waals surface area contributed by atoms with Crippen molar-refractivity contribution in [2.24, 2.45) is 0 Å². The van der Waals surface area contributed by atoms with Crippen molar-refractivity contribution in [1.29, 1.82) is 0 Å². The number of fused-ring (bicyclic) bond motifs is 1. The van der Waals surface area contributed by atoms with Crippen molar-refractivity contribution in [1.82, 2.24) is 5.32 Å². The second-order valence-corrected chi connectivity index (χ2v) is 9.68. The third kappa shape index (κ3) is 5.71. The minimum absolute atomic E-state index is 0.177. The van der Waals surface area contributed by atoms with Crippen LogP contribution in [0.15, 0.2) is 60.7 Å². The number of halogens is 5. The third-order valence-electron chi connectivity index (χ3n) is 4.36. The molecule has 0 aromatic heterocycles. The van der Waals surface area contributed by atoms with E-state index in [1.54, 1.807) is 6.07 Å². The summed E-state index contributed by atoms with van der Waals surface area (Å²) in [4.78, 5) is 25.3. The average molecular weight is 505 g/mol. The van der Waals surface area contributed by atoms with Gasteiger partial charge in [-0.25, -0.2) is 4.79 Å². The Hall–Kier alpha value is -1.69. The summed E-state index contributed by atoms with van der Waals surface area (Å²) in [7, 11) is 0. The van der Waals surface area contributed by atoms with Crippen LogP contribution in [0.5, 0.6) is 0 Å². The second-order valence-electron chi connectivity index (χ2n) is 6.47. The highest BCUT2D eigenvalue weighted by Crippen LogP contribution is 2.34. The van der Waals surface area contributed by atoms with E-state index >= 15 is 0 Å². The second kappa shape index (κ2) is 9.63. The maximum atomic E-state index is 12.7. The molecular weight excluding hydrogens is 490 g/mol. The first kappa shape index (κ1) is 23.0. The van der Waals surface area contributed by atoms with Crippen LogP contribution in [0.4, 0.5) is 10.5 Å². The van der Waals surface area contributed by atoms with Crippen molar-refractivity contribution < 1.29 is 9.59 Å². The molecule has 0 aliphatic heterocycles. The molecule has 3 aromatic carbocycles. The molecule has 2 amide bonds. The highest BCUT2D eigenvalue weighted by Gasteiger charge is 2.36. The Bertz CT molecular complexity index is 1090. The van der Waals surface area contributed by atoms with Crippen LogP contribution in [0, 0.1) is 0 Å². The van der Waals surface area contributed by atoms with E-state index in [0.29, 0.717) is 10.7 Å². The van der Waals surface area contributed by atoms with E-state index in [2.05, 4.69) is 10.6 Å². The van der Waals surface area contributed by atoms with Crippen LogP contribution in [-0.2, 0) is 0 Å². The van der Waals surface area contributed by atoms with Crippen LogP contribution in [-0.4, -0.2) is 21.6 Å². The molecule has 0 unspecified atom stereocenters. The number of hydrogen-bond acceptors (Lipinski definition) is 2. The summed E-state index contributed by atoms with van der Waals surface area (Å²) in [5.41, 5.74) is 0.803. The number of amides is 2. The molecule has 0 fully saturated rings. The smallest absolute Gasteiger partial charge is 0.319 e. The van der Waals surface area contributed by atoms with Gasteiger partial charge in [0.05, 0.1) is 16.8 Å². The molecule has 156 valence electrons. The Balaban J connectivity index is 1.76. The van der Waals surface area contributed by atoms with Crippen molar-refractivity contribution in [3.63, 3.8) is 0 Å². The summed E-state index contributed by atoms with van der Waals surface area (Å²) in [6, 6.07) is 15.8. The molecule has 0 radical (unpaired) electrons. The van der Waals surface area contributed by atoms with Gasteiger partial charge in [-0.3, -0.25) is 4.79 Å². The minimum atomic E-state index is -1.93. The average Bonchev–Trinajstić information content (AvgIpc) is 2.67. The molecule has 2 N–H and O–H groups in total. The molecule has 9 heteroatoms. The van der Waals surface area contributed by atoms with E-state index in [1.807, 2.05) is 36.4 Å². The van der Waals surface area contributed by atoms with Gasteiger partial charge in [-0.15, -0.1) is 0 Å². The van der Waals surface area contributed by atoms with Crippen molar-refractivity contribution in [2.45, 2.75) is 16.3 Å². The van der Waals surface area contributed by atoms with Crippen LogP contribution in [0.2, 0.25) is 10.0 Å². The Morgan fingerprint density at radius 1 is 0.933 bits per heavy atom. The van der Waals surface area contributed by atoms with Crippen molar-refractivity contribution >= 4 is 86.3 Å². The number of rotatable bonds is 5. The molecule has 0 aliphatic rings. The van der Waals surface area contributed by atoms with Gasteiger partial charge in [0, 0.05) is 22.4 Å². The number of nitrogens with one attached hydrogen (secondary N) is 2. The number of carbonyl (C=O) groups excluding carboxylic acids is 2. The van der Waals surface area contributed by atoms with Crippen LogP contribution < -0.4 is 10.6 Å². The predicted octanol–water partition coefficient (Wildman–Crippen LogP) is 7.28. The van der Waals surface area contributed by atoms with E-state index in [-0.39, 0.29) is 17.0 Å². The van der Waals surface area contributed by atoms with Crippen molar-refractivity contribution in [3.8, 4) is 0 Å². The molecule has 0 bridgehead atoms. The molecule has 3 aromatic rings. The number of benzene rings is 3. The van der Waals surface area contributed by atoms with Crippen LogP contribution in [0.3, 0.4) is 0 Å². The summed E-state index contributed by atoms with van der Waals surface area (Å²) < 4.78 is -1.93. The first-order valence-corrected chi connectivity index (χ1v) is 10.6. The highest BCUT2D eigenvalue weighted by atomic mass is 35.6. The van der Waals surface area contributed by atoms with Gasteiger partial charge in [-0.05, 0) is 29.7 Å². The van der Waals surface area contributed by atoms with Gasteiger partial charge in [0.2, 0.25) is 3.79 Å². The van der Waals surface area contributed by atoms with Crippen molar-refractivity contribution in [2.75, 3.05) is 5.32 Å². The van der Waals surface area contributed by atoms with Gasteiger partial charge in [0.25, 0.3) is 0 Å². The number of anilines is 1. The number of Topliss-reactive ketones (excluding diaryl/α,β-unsaturated/α-hetero) is 1. The normalized spacial score (nSPS) is 12.4. The lowest BCUT2D eigenvalue weighted by molar-refractivity contribution is 0.0971. The number of alkyl halides is 3. The topological polar surface area (TPSA) is 58.2 Å². The Kier molecular flexibility index (Phi) is 7.38. The molecule has 4 nitrogen and oxygen atoms in total. The van der Waals surface area contributed by atoms with Gasteiger partial charge in [0.1, 0.15) is 0 Å². The number of hydrogen-bond donors (Lipinski definition) is 2. The maximum absolute atomic E-state index is 12.7. The number of urea groups is 1. The lowest BCUT2D eigenvalue weighted by Crippen LogP contribution is -2.46. The molecule has 0 saturated carbocycles. The zero-order chi connectivity index (χ0) is 21.9. The van der Waals surface area contributed by atoms with Gasteiger partial charge < -0.3 is 10.6 Å². The maximum Gasteiger partial charge on any atom is 0.319 e. The molecular formula is C21H15Cl5N2O2. The summed E-state index contributed by atoms with van der Waals surface area (Å²) in [5.74, 6) is -0.404. The molecule has 0 aliphatic carbocycles. The number of ketones is 1. The molecule has 3 rings (SSSR count). The first-order valence-electron chi connectivity index (χ1n) is 8.75. The summed E-state index contributed by atoms with van der Waals surface area (Å²) in [6.07, 6.45) is -0.277. The molecule has 0 saturated heterocycles. The standard InChI is InChI=1S/C21H15Cl5N2O2/c22-13-8-9-15(16(23)10-13)18(29)11-19(21(24,25)26)28-20(30)27-17-7-3-5-12-4-1-2-6-14(12)17/h1-10,19H,11H2,(H2,27,28,30)/t19-/m1/s1. The number of carbonyl (C=O) groups is 2. The van der Waals surface area contributed by atoms with E-state index in [9.17, 15) is 9.59 Å². The Morgan fingerprint density at radius 2 is 1.63 bits per heavy atom. The fourth-order valence-corrected chi connectivity index (χ4v) is 3.82. The first-order chi connectivity index (χ1) is 14.1. The third-order valence-corrected chi connectivity index (χ3v) is 5.70. The summed E-state index contributed by atoms with van der Waals surface area (Å²) in [5, 5.41) is 7.68. The largest absolute Gasteiger partial charge is 0.330 e. The molecule has 0 heterocycles. The zero-order valence-electron chi connectivity index (χ0n) is 15.3. The molecule has 0 spiro atoms. The van der Waals surface area contributed by atoms with Crippen molar-refractivity contribution in [3.05, 3.63) is 76.3 Å². The van der Waals surface area contributed by atoms with Crippen LogP contribution >= 0.6 is 58.0 Å². The lowest BCUT2D eigenvalue weighted by atomic mass is 10.0. The summed E-state index contributed by atoms with van der Waals surface area (Å²) >= 11 is 30.0. The summed E-state index contributed by atoms with van der Waals surface area (Å²) in [6.45, 7) is 0. The monoisotopic (exact) mass is 502 g/mol. The highest BCUT2D eigenvalue weighted by molar-refractivity contribution is 6.68. The molecule has 30 heavy (non-hydrogen) atoms. The fraction of sp³-hybridized carbons (Fsp3) is 0.143. The lowest BCUT2D eigenvalue weighted by Gasteiger charge is -2.25. The van der Waals surface area contributed by atoms with E-state index < -0.39 is 21.6 Å². The van der Waals surface area contributed by atoms with Crippen LogP contribution in [0.25, 0.3) is 10.8 Å². The SMILES string of the molecule is O=C(Nc1cccc2ccccc12)N[C@H](CC(=O)c1ccc(Cl)cc1Cl)C(Cl)(Cl)Cl. The van der Waals surface area contributed by atoms with Gasteiger partial charge in [0.15, 0.2) is 5.78 Å². The predicted molar refractivity (Wildman–Crippen MR) is 126 cm³/mol. The fourth-order valence-electron chi connectivity index (χ4n) is 2.91. The quantitative estimate of drug-likeness (QED) is 0.283. The van der Waals surface area contributed by atoms with Gasteiger partial charge >= 0.3 is 6.03 Å². The Morgan fingerprint density at radius 3 is 2.33 bits per heavy atom. The Labute approximate surface area is 198 Å².